The van der Waals surface area contributed by atoms with Gasteiger partial charge in [-0.25, -0.2) is 9.97 Å². The lowest BCUT2D eigenvalue weighted by Gasteiger charge is -2.17. The van der Waals surface area contributed by atoms with E-state index in [4.69, 9.17) is 15.5 Å². The summed E-state index contributed by atoms with van der Waals surface area (Å²) in [5.41, 5.74) is 9.28. The molecule has 1 atom stereocenters. The highest BCUT2D eigenvalue weighted by Gasteiger charge is 2.17. The first-order valence-electron chi connectivity index (χ1n) is 11.3. The number of carbonyl (C=O) groups is 1. The number of nitrogen functional groups attached to an aromatic ring is 1. The lowest BCUT2D eigenvalue weighted by molar-refractivity contribution is -0.143. The molecular weight excluding hydrogens is 376 g/mol. The second kappa shape index (κ2) is 11.5. The molecule has 1 aliphatic rings. The van der Waals surface area contributed by atoms with E-state index >= 15 is 0 Å². The predicted molar refractivity (Wildman–Crippen MR) is 120 cm³/mol. The number of nitrogens with two attached hydrogens (primary N) is 1. The molecule has 30 heavy (non-hydrogen) atoms. The molecule has 2 aromatic rings. The molecule has 6 heteroatoms. The Kier molecular flexibility index (Phi) is 8.48. The summed E-state index contributed by atoms with van der Waals surface area (Å²) in [6, 6.07) is 8.18. The SMILES string of the molecule is CCOC(=O)CC(CCCCCCc1ccc2c(n1)NCCC2)c1ccc(N)nc1. The summed E-state index contributed by atoms with van der Waals surface area (Å²) in [5.74, 6) is 1.56. The molecule has 3 heterocycles. The van der Waals surface area contributed by atoms with Crippen molar-refractivity contribution in [2.75, 3.05) is 24.2 Å². The third-order valence-corrected chi connectivity index (χ3v) is 5.69. The smallest absolute Gasteiger partial charge is 0.306 e. The Bertz CT molecular complexity index is 807. The summed E-state index contributed by atoms with van der Waals surface area (Å²) in [4.78, 5) is 21.0. The molecule has 1 unspecified atom stereocenters. The lowest BCUT2D eigenvalue weighted by Crippen LogP contribution is -2.14. The highest BCUT2D eigenvalue weighted by molar-refractivity contribution is 5.70. The van der Waals surface area contributed by atoms with Crippen molar-refractivity contribution in [2.24, 2.45) is 0 Å². The van der Waals surface area contributed by atoms with E-state index in [1.807, 2.05) is 13.0 Å². The van der Waals surface area contributed by atoms with E-state index in [1.54, 1.807) is 12.3 Å². The molecule has 0 saturated carbocycles. The zero-order valence-electron chi connectivity index (χ0n) is 18.0. The molecule has 0 saturated heterocycles. The van der Waals surface area contributed by atoms with Crippen LogP contribution in [-0.4, -0.2) is 29.1 Å². The first-order valence-corrected chi connectivity index (χ1v) is 11.3. The van der Waals surface area contributed by atoms with E-state index in [9.17, 15) is 4.79 Å². The minimum Gasteiger partial charge on any atom is -0.466 e. The van der Waals surface area contributed by atoms with Crippen LogP contribution in [0.3, 0.4) is 0 Å². The van der Waals surface area contributed by atoms with Crippen molar-refractivity contribution in [2.45, 2.75) is 70.6 Å². The molecule has 2 aromatic heterocycles. The summed E-state index contributed by atoms with van der Waals surface area (Å²) < 4.78 is 5.15. The number of unbranched alkanes of at least 4 members (excludes halogenated alkanes) is 3. The average Bonchev–Trinajstić information content (AvgIpc) is 2.76. The Balaban J connectivity index is 1.42. The van der Waals surface area contributed by atoms with E-state index in [2.05, 4.69) is 22.4 Å². The number of aryl methyl sites for hydroxylation is 2. The van der Waals surface area contributed by atoms with E-state index in [1.165, 1.54) is 17.7 Å². The molecule has 0 spiro atoms. The molecular formula is C24H34N4O2. The Labute approximate surface area is 179 Å². The van der Waals surface area contributed by atoms with E-state index in [0.29, 0.717) is 18.8 Å². The molecule has 162 valence electrons. The Morgan fingerprint density at radius 3 is 2.87 bits per heavy atom. The van der Waals surface area contributed by atoms with Crippen LogP contribution in [0.25, 0.3) is 0 Å². The first-order chi connectivity index (χ1) is 14.7. The second-order valence-corrected chi connectivity index (χ2v) is 8.02. The van der Waals surface area contributed by atoms with Crippen LogP contribution >= 0.6 is 0 Å². The van der Waals surface area contributed by atoms with Crippen molar-refractivity contribution in [1.29, 1.82) is 0 Å². The van der Waals surface area contributed by atoms with Gasteiger partial charge in [0.2, 0.25) is 0 Å². The number of rotatable bonds is 11. The van der Waals surface area contributed by atoms with E-state index in [0.717, 1.165) is 62.9 Å². The van der Waals surface area contributed by atoms with Gasteiger partial charge in [-0.2, -0.15) is 0 Å². The van der Waals surface area contributed by atoms with Gasteiger partial charge in [-0.05, 0) is 68.2 Å². The molecule has 0 bridgehead atoms. The summed E-state index contributed by atoms with van der Waals surface area (Å²) in [6.07, 6.45) is 11.0. The molecule has 3 N–H and O–H groups in total. The zero-order valence-corrected chi connectivity index (χ0v) is 18.0. The topological polar surface area (TPSA) is 90.1 Å². The monoisotopic (exact) mass is 410 g/mol. The fourth-order valence-electron chi connectivity index (χ4n) is 4.02. The number of hydrogen-bond acceptors (Lipinski definition) is 6. The van der Waals surface area contributed by atoms with Gasteiger partial charge in [-0.15, -0.1) is 0 Å². The Morgan fingerprint density at radius 2 is 2.07 bits per heavy atom. The highest BCUT2D eigenvalue weighted by Crippen LogP contribution is 2.27. The fraction of sp³-hybridized carbons (Fsp3) is 0.542. The van der Waals surface area contributed by atoms with Gasteiger partial charge >= 0.3 is 5.97 Å². The van der Waals surface area contributed by atoms with E-state index in [-0.39, 0.29) is 11.9 Å². The summed E-state index contributed by atoms with van der Waals surface area (Å²) in [5, 5.41) is 3.41. The van der Waals surface area contributed by atoms with Gasteiger partial charge in [0.15, 0.2) is 0 Å². The van der Waals surface area contributed by atoms with Gasteiger partial charge in [0, 0.05) is 18.4 Å². The number of aromatic nitrogens is 2. The molecule has 0 amide bonds. The van der Waals surface area contributed by atoms with Crippen LogP contribution < -0.4 is 11.1 Å². The van der Waals surface area contributed by atoms with Gasteiger partial charge < -0.3 is 15.8 Å². The molecule has 0 fully saturated rings. The van der Waals surface area contributed by atoms with Crippen LogP contribution in [0.15, 0.2) is 30.5 Å². The van der Waals surface area contributed by atoms with Crippen LogP contribution in [0, 0.1) is 0 Å². The van der Waals surface area contributed by atoms with Crippen molar-refractivity contribution < 1.29 is 9.53 Å². The maximum atomic E-state index is 12.0. The molecule has 0 aromatic carbocycles. The molecule has 0 radical (unpaired) electrons. The van der Waals surface area contributed by atoms with Crippen molar-refractivity contribution >= 4 is 17.6 Å². The summed E-state index contributed by atoms with van der Waals surface area (Å²) >= 11 is 0. The van der Waals surface area contributed by atoms with Crippen molar-refractivity contribution in [3.05, 3.63) is 47.3 Å². The lowest BCUT2D eigenvalue weighted by atomic mass is 9.91. The number of carbonyl (C=O) groups excluding carboxylic acids is 1. The Morgan fingerprint density at radius 1 is 1.20 bits per heavy atom. The van der Waals surface area contributed by atoms with Crippen LogP contribution in [0.1, 0.15) is 74.6 Å². The van der Waals surface area contributed by atoms with Crippen LogP contribution in [0.4, 0.5) is 11.6 Å². The van der Waals surface area contributed by atoms with Crippen molar-refractivity contribution in [3.8, 4) is 0 Å². The maximum absolute atomic E-state index is 12.0. The molecule has 6 nitrogen and oxygen atoms in total. The zero-order chi connectivity index (χ0) is 21.2. The second-order valence-electron chi connectivity index (χ2n) is 8.02. The number of hydrogen-bond donors (Lipinski definition) is 2. The van der Waals surface area contributed by atoms with E-state index < -0.39 is 0 Å². The van der Waals surface area contributed by atoms with Crippen molar-refractivity contribution in [3.63, 3.8) is 0 Å². The average molecular weight is 411 g/mol. The standard InChI is InChI=1S/C24H34N4O2/c1-2-30-23(29)16-19(20-12-14-22(25)27-17-20)8-5-3-4-6-10-21-13-11-18-9-7-15-26-24(18)28-21/h11-14,17,19H,2-10,15-16H2,1H3,(H2,25,27)(H,26,28). The fourth-order valence-corrected chi connectivity index (χ4v) is 4.02. The van der Waals surface area contributed by atoms with Gasteiger partial charge in [-0.3, -0.25) is 4.79 Å². The minimum atomic E-state index is -0.147. The third-order valence-electron chi connectivity index (χ3n) is 5.69. The number of nitrogens with zero attached hydrogens (tertiary/aromatic N) is 2. The van der Waals surface area contributed by atoms with Crippen LogP contribution in [-0.2, 0) is 22.4 Å². The third kappa shape index (κ3) is 6.71. The van der Waals surface area contributed by atoms with Crippen molar-refractivity contribution in [1.82, 2.24) is 9.97 Å². The predicted octanol–water partition coefficient (Wildman–Crippen LogP) is 4.65. The summed E-state index contributed by atoms with van der Waals surface area (Å²) in [6.45, 7) is 3.28. The number of anilines is 2. The summed E-state index contributed by atoms with van der Waals surface area (Å²) in [7, 11) is 0. The first kappa shape index (κ1) is 22.1. The number of ether oxygens (including phenoxy) is 1. The largest absolute Gasteiger partial charge is 0.466 e. The maximum Gasteiger partial charge on any atom is 0.306 e. The number of esters is 1. The minimum absolute atomic E-state index is 0.130. The van der Waals surface area contributed by atoms with Gasteiger partial charge in [0.25, 0.3) is 0 Å². The number of fused-ring (bicyclic) bond motifs is 1. The van der Waals surface area contributed by atoms with Crippen LogP contribution in [0.2, 0.25) is 0 Å². The molecule has 3 rings (SSSR count). The van der Waals surface area contributed by atoms with Gasteiger partial charge in [-0.1, -0.05) is 31.4 Å². The quantitative estimate of drug-likeness (QED) is 0.414. The number of nitrogens with one attached hydrogen (secondary N) is 1. The van der Waals surface area contributed by atoms with Gasteiger partial charge in [0.1, 0.15) is 11.6 Å². The normalized spacial score (nSPS) is 13.9. The Hall–Kier alpha value is -2.63. The highest BCUT2D eigenvalue weighted by atomic mass is 16.5. The van der Waals surface area contributed by atoms with Gasteiger partial charge in [0.05, 0.1) is 13.0 Å². The number of pyridine rings is 2. The molecule has 0 aliphatic carbocycles. The van der Waals surface area contributed by atoms with Crippen LogP contribution in [0.5, 0.6) is 0 Å². The molecule has 1 aliphatic heterocycles.